The molecule has 1 N–H and O–H groups in total. The van der Waals surface area contributed by atoms with Gasteiger partial charge in [-0.05, 0) is 69.3 Å². The SMILES string of the molecule is O=S(C(=Cc1ccc(-c2ccccc2)c(-c2ccccc2S(=O)(=O)O)c1)c1ccccc1)c1ccc(-c2ccccc2)cc1. The Hall–Kier alpha value is -4.88. The maximum atomic E-state index is 14.2. The highest BCUT2D eigenvalue weighted by molar-refractivity contribution is 7.94. The van der Waals surface area contributed by atoms with Gasteiger partial charge in [-0.2, -0.15) is 8.42 Å². The summed E-state index contributed by atoms with van der Waals surface area (Å²) in [6.45, 7) is 0. The first-order valence-corrected chi connectivity index (χ1v) is 16.6. The minimum atomic E-state index is -4.50. The zero-order valence-electron chi connectivity index (χ0n) is 23.6. The molecule has 1 unspecified atom stereocenters. The first-order valence-electron chi connectivity index (χ1n) is 14.0. The van der Waals surface area contributed by atoms with Crippen molar-refractivity contribution < 1.29 is 17.2 Å². The standard InChI is InChI=1S/C38H28O4S2/c39-43(33-23-21-30(22-24-33)29-12-4-1-5-13-29)37(32-16-8-3-9-17-32)27-28-20-25-34(31-14-6-2-7-15-31)36(26-28)35-18-10-11-19-38(35)44(40,41)42/h1-27H,(H,40,41,42). The predicted octanol–water partition coefficient (Wildman–Crippen LogP) is 9.24. The van der Waals surface area contributed by atoms with Crippen molar-refractivity contribution >= 4 is 31.9 Å². The Bertz CT molecular complexity index is 2070. The summed E-state index contributed by atoms with van der Waals surface area (Å²) in [6, 6.07) is 49.1. The lowest BCUT2D eigenvalue weighted by Crippen LogP contribution is -2.01. The average molecular weight is 613 g/mol. The molecule has 0 bridgehead atoms. The second kappa shape index (κ2) is 12.8. The van der Waals surface area contributed by atoms with E-state index in [-0.39, 0.29) is 4.90 Å². The summed E-state index contributed by atoms with van der Waals surface area (Å²) in [4.78, 5) is 1.10. The summed E-state index contributed by atoms with van der Waals surface area (Å²) in [5.41, 5.74) is 6.37. The first kappa shape index (κ1) is 29.2. The highest BCUT2D eigenvalue weighted by atomic mass is 32.2. The van der Waals surface area contributed by atoms with Crippen LogP contribution in [0.5, 0.6) is 0 Å². The molecule has 4 nitrogen and oxygen atoms in total. The van der Waals surface area contributed by atoms with Crippen LogP contribution in [0.15, 0.2) is 168 Å². The van der Waals surface area contributed by atoms with Crippen LogP contribution >= 0.6 is 0 Å². The Labute approximate surface area is 260 Å². The van der Waals surface area contributed by atoms with Crippen molar-refractivity contribution in [3.63, 3.8) is 0 Å². The summed E-state index contributed by atoms with van der Waals surface area (Å²) in [5, 5.41) is 0. The van der Waals surface area contributed by atoms with Crippen LogP contribution in [-0.4, -0.2) is 17.2 Å². The Morgan fingerprint density at radius 2 is 1.09 bits per heavy atom. The molecule has 0 aromatic heterocycles. The zero-order chi connectivity index (χ0) is 30.5. The van der Waals surface area contributed by atoms with Gasteiger partial charge in [0.15, 0.2) is 0 Å². The lowest BCUT2D eigenvalue weighted by Gasteiger charge is -2.15. The van der Waals surface area contributed by atoms with Gasteiger partial charge in [-0.25, -0.2) is 4.21 Å². The van der Waals surface area contributed by atoms with Crippen LogP contribution in [0.1, 0.15) is 11.1 Å². The van der Waals surface area contributed by atoms with Crippen molar-refractivity contribution in [2.24, 2.45) is 0 Å². The lowest BCUT2D eigenvalue weighted by molar-refractivity contribution is 0.483. The van der Waals surface area contributed by atoms with E-state index < -0.39 is 20.9 Å². The van der Waals surface area contributed by atoms with Crippen LogP contribution in [0.3, 0.4) is 0 Å². The second-order valence-corrected chi connectivity index (χ2v) is 13.0. The first-order chi connectivity index (χ1) is 21.4. The molecule has 6 rings (SSSR count). The largest absolute Gasteiger partial charge is 0.295 e. The fourth-order valence-electron chi connectivity index (χ4n) is 5.18. The van der Waals surface area contributed by atoms with Crippen LogP contribution in [-0.2, 0) is 20.9 Å². The van der Waals surface area contributed by atoms with E-state index in [0.29, 0.717) is 20.9 Å². The fraction of sp³-hybridized carbons (Fsp3) is 0. The number of hydrogen-bond donors (Lipinski definition) is 1. The van der Waals surface area contributed by atoms with Gasteiger partial charge < -0.3 is 0 Å². The van der Waals surface area contributed by atoms with E-state index in [1.54, 1.807) is 18.2 Å². The summed E-state index contributed by atoms with van der Waals surface area (Å²) < 4.78 is 49.0. The molecule has 0 aliphatic heterocycles. The van der Waals surface area contributed by atoms with Crippen LogP contribution in [0, 0.1) is 0 Å². The van der Waals surface area contributed by atoms with E-state index in [2.05, 4.69) is 0 Å². The van der Waals surface area contributed by atoms with Gasteiger partial charge in [0.05, 0.1) is 15.7 Å². The molecule has 0 aliphatic rings. The Morgan fingerprint density at radius 3 is 1.73 bits per heavy atom. The van der Waals surface area contributed by atoms with Gasteiger partial charge in [0.25, 0.3) is 10.1 Å². The Balaban J connectivity index is 1.49. The predicted molar refractivity (Wildman–Crippen MR) is 180 cm³/mol. The van der Waals surface area contributed by atoms with Crippen molar-refractivity contribution in [1.29, 1.82) is 0 Å². The zero-order valence-corrected chi connectivity index (χ0v) is 25.2. The highest BCUT2D eigenvalue weighted by Crippen LogP contribution is 2.38. The molecular formula is C38H28O4S2. The molecule has 216 valence electrons. The van der Waals surface area contributed by atoms with E-state index in [1.165, 1.54) is 6.07 Å². The van der Waals surface area contributed by atoms with E-state index in [0.717, 1.165) is 33.4 Å². The minimum Gasteiger partial charge on any atom is -0.282 e. The van der Waals surface area contributed by atoms with Crippen LogP contribution in [0.25, 0.3) is 44.4 Å². The normalized spacial score (nSPS) is 12.5. The summed E-state index contributed by atoms with van der Waals surface area (Å²) in [7, 11) is -6.02. The highest BCUT2D eigenvalue weighted by Gasteiger charge is 2.20. The summed E-state index contributed by atoms with van der Waals surface area (Å²) in [6.07, 6.45) is 1.88. The molecule has 6 aromatic rings. The van der Waals surface area contributed by atoms with Crippen molar-refractivity contribution in [2.45, 2.75) is 9.79 Å². The summed E-state index contributed by atoms with van der Waals surface area (Å²) in [5.74, 6) is 0. The van der Waals surface area contributed by atoms with Crippen molar-refractivity contribution in [2.75, 3.05) is 0 Å². The minimum absolute atomic E-state index is 0.177. The average Bonchev–Trinajstić information content (AvgIpc) is 3.08. The van der Waals surface area contributed by atoms with Gasteiger partial charge in [-0.1, -0.05) is 133 Å². The van der Waals surface area contributed by atoms with E-state index in [1.807, 2.05) is 140 Å². The molecule has 6 aromatic carbocycles. The molecule has 0 saturated carbocycles. The fourth-order valence-corrected chi connectivity index (χ4v) is 7.12. The van der Waals surface area contributed by atoms with E-state index in [4.69, 9.17) is 0 Å². The van der Waals surface area contributed by atoms with Crippen LogP contribution in [0.4, 0.5) is 0 Å². The van der Waals surface area contributed by atoms with E-state index >= 15 is 0 Å². The van der Waals surface area contributed by atoms with Gasteiger partial charge in [-0.3, -0.25) is 4.55 Å². The molecule has 0 heterocycles. The third kappa shape index (κ3) is 6.38. The van der Waals surface area contributed by atoms with Gasteiger partial charge in [0.2, 0.25) is 0 Å². The number of benzene rings is 6. The quantitative estimate of drug-likeness (QED) is 0.137. The third-order valence-electron chi connectivity index (χ3n) is 7.31. The van der Waals surface area contributed by atoms with Crippen molar-refractivity contribution in [1.82, 2.24) is 0 Å². The maximum absolute atomic E-state index is 14.2. The molecule has 0 spiro atoms. The second-order valence-electron chi connectivity index (χ2n) is 10.2. The molecule has 0 amide bonds. The van der Waals surface area contributed by atoms with Gasteiger partial charge in [0, 0.05) is 10.5 Å². The number of hydrogen-bond acceptors (Lipinski definition) is 3. The monoisotopic (exact) mass is 612 g/mol. The Kier molecular flexibility index (Phi) is 8.48. The van der Waals surface area contributed by atoms with Crippen LogP contribution < -0.4 is 0 Å². The third-order valence-corrected chi connectivity index (χ3v) is 9.68. The van der Waals surface area contributed by atoms with Crippen molar-refractivity contribution in [3.05, 3.63) is 169 Å². The van der Waals surface area contributed by atoms with Gasteiger partial charge in [-0.15, -0.1) is 0 Å². The molecule has 1 atom stereocenters. The van der Waals surface area contributed by atoms with Gasteiger partial charge >= 0.3 is 0 Å². The number of rotatable bonds is 8. The molecule has 44 heavy (non-hydrogen) atoms. The van der Waals surface area contributed by atoms with Crippen LogP contribution in [0.2, 0.25) is 0 Å². The smallest absolute Gasteiger partial charge is 0.282 e. The molecule has 0 fully saturated rings. The van der Waals surface area contributed by atoms with Crippen molar-refractivity contribution in [3.8, 4) is 33.4 Å². The molecular weight excluding hydrogens is 585 g/mol. The van der Waals surface area contributed by atoms with E-state index in [9.17, 15) is 17.2 Å². The summed E-state index contributed by atoms with van der Waals surface area (Å²) >= 11 is 0. The maximum Gasteiger partial charge on any atom is 0.295 e. The molecule has 0 radical (unpaired) electrons. The lowest BCUT2D eigenvalue weighted by atomic mass is 9.92. The molecule has 0 aliphatic carbocycles. The van der Waals surface area contributed by atoms with Gasteiger partial charge in [0.1, 0.15) is 4.90 Å². The Morgan fingerprint density at radius 1 is 0.545 bits per heavy atom. The topological polar surface area (TPSA) is 71.4 Å². The molecule has 0 saturated heterocycles. The molecule has 6 heteroatoms.